The first kappa shape index (κ1) is 13.3. The van der Waals surface area contributed by atoms with Gasteiger partial charge in [0.2, 0.25) is 10.0 Å². The van der Waals surface area contributed by atoms with Crippen LogP contribution >= 0.6 is 0 Å². The lowest BCUT2D eigenvalue weighted by Crippen LogP contribution is -2.44. The van der Waals surface area contributed by atoms with Gasteiger partial charge in [0.25, 0.3) is 0 Å². The van der Waals surface area contributed by atoms with Crippen LogP contribution < -0.4 is 10.0 Å². The summed E-state index contributed by atoms with van der Waals surface area (Å²) in [5.41, 5.74) is 0. The number of rotatable bonds is 4. The van der Waals surface area contributed by atoms with Gasteiger partial charge in [-0.05, 0) is 51.6 Å². The van der Waals surface area contributed by atoms with E-state index in [9.17, 15) is 8.42 Å². The van der Waals surface area contributed by atoms with Gasteiger partial charge < -0.3 is 5.32 Å². The van der Waals surface area contributed by atoms with Crippen molar-refractivity contribution in [2.45, 2.75) is 50.2 Å². The van der Waals surface area contributed by atoms with Crippen LogP contribution in [0.15, 0.2) is 0 Å². The maximum Gasteiger partial charge on any atom is 0.217 e. The Balaban J connectivity index is 1.88. The van der Waals surface area contributed by atoms with Gasteiger partial charge in [0.05, 0.1) is 4.75 Å². The quantitative estimate of drug-likeness (QED) is 0.799. The molecule has 0 bridgehead atoms. The molecule has 0 aromatic rings. The van der Waals surface area contributed by atoms with Crippen LogP contribution in [-0.2, 0) is 10.0 Å². The van der Waals surface area contributed by atoms with Crippen LogP contribution in [0, 0.1) is 5.92 Å². The van der Waals surface area contributed by atoms with Crippen LogP contribution in [0.1, 0.15) is 45.4 Å². The summed E-state index contributed by atoms with van der Waals surface area (Å²) in [6.07, 6.45) is 5.89. The minimum absolute atomic E-state index is 0.510. The predicted molar refractivity (Wildman–Crippen MR) is 69.4 cm³/mol. The highest BCUT2D eigenvalue weighted by Gasteiger charge is 2.41. The molecule has 0 unspecified atom stereocenters. The first-order valence-electron chi connectivity index (χ1n) is 6.73. The lowest BCUT2D eigenvalue weighted by molar-refractivity contribution is 0.370. The van der Waals surface area contributed by atoms with Crippen molar-refractivity contribution < 1.29 is 8.42 Å². The Bertz CT molecular complexity index is 342. The minimum Gasteiger partial charge on any atom is -0.317 e. The Labute approximate surface area is 105 Å². The van der Waals surface area contributed by atoms with Crippen molar-refractivity contribution in [3.63, 3.8) is 0 Å². The molecule has 1 heterocycles. The average molecular weight is 260 g/mol. The number of hydrogen-bond donors (Lipinski definition) is 2. The van der Waals surface area contributed by atoms with Gasteiger partial charge in [0, 0.05) is 6.54 Å². The molecular formula is C12H24N2O2S. The van der Waals surface area contributed by atoms with Gasteiger partial charge >= 0.3 is 0 Å². The summed E-state index contributed by atoms with van der Waals surface area (Å²) in [7, 11) is -3.13. The molecule has 17 heavy (non-hydrogen) atoms. The summed E-state index contributed by atoms with van der Waals surface area (Å²) in [5, 5.41) is 3.30. The molecule has 0 amide bonds. The molecule has 2 fully saturated rings. The fourth-order valence-corrected chi connectivity index (χ4v) is 4.51. The Kier molecular flexibility index (Phi) is 4.10. The number of piperidine rings is 1. The van der Waals surface area contributed by atoms with E-state index in [4.69, 9.17) is 0 Å². The highest BCUT2D eigenvalue weighted by atomic mass is 32.2. The van der Waals surface area contributed by atoms with Crippen LogP contribution in [0.4, 0.5) is 0 Å². The maximum atomic E-state index is 12.3. The second-order valence-electron chi connectivity index (χ2n) is 5.70. The summed E-state index contributed by atoms with van der Waals surface area (Å²) in [6.45, 7) is 4.55. The molecule has 0 radical (unpaired) electrons. The van der Waals surface area contributed by atoms with Gasteiger partial charge in [0.1, 0.15) is 0 Å². The minimum atomic E-state index is -3.13. The van der Waals surface area contributed by atoms with Gasteiger partial charge in [-0.15, -0.1) is 0 Å². The van der Waals surface area contributed by atoms with Gasteiger partial charge in [-0.25, -0.2) is 13.1 Å². The lowest BCUT2D eigenvalue weighted by atomic mass is 9.99. The largest absolute Gasteiger partial charge is 0.317 e. The standard InChI is InChI=1S/C12H24N2O2S/c1-12(6-2-3-7-12)17(15,16)14-10-11-4-8-13-9-5-11/h11,13-14H,2-10H2,1H3. The summed E-state index contributed by atoms with van der Waals surface area (Å²) >= 11 is 0. The van der Waals surface area contributed by atoms with Crippen LogP contribution in [-0.4, -0.2) is 32.8 Å². The van der Waals surface area contributed by atoms with E-state index < -0.39 is 14.8 Å². The van der Waals surface area contributed by atoms with Gasteiger partial charge in [-0.1, -0.05) is 12.8 Å². The summed E-state index contributed by atoms with van der Waals surface area (Å²) in [4.78, 5) is 0. The zero-order valence-electron chi connectivity index (χ0n) is 10.7. The number of nitrogens with one attached hydrogen (secondary N) is 2. The van der Waals surface area contributed by atoms with Crippen LogP contribution in [0.2, 0.25) is 0 Å². The van der Waals surface area contributed by atoms with Crippen molar-refractivity contribution in [2.75, 3.05) is 19.6 Å². The second-order valence-corrected chi connectivity index (χ2v) is 7.98. The fourth-order valence-electron chi connectivity index (χ4n) is 2.88. The zero-order valence-corrected chi connectivity index (χ0v) is 11.5. The summed E-state index contributed by atoms with van der Waals surface area (Å²) < 4.78 is 26.9. The zero-order chi connectivity index (χ0) is 12.4. The van der Waals surface area contributed by atoms with E-state index in [0.717, 1.165) is 51.6 Å². The normalized spacial score (nSPS) is 26.2. The molecule has 4 nitrogen and oxygen atoms in total. The monoisotopic (exact) mass is 260 g/mol. The highest BCUT2D eigenvalue weighted by molar-refractivity contribution is 7.90. The van der Waals surface area contributed by atoms with E-state index in [2.05, 4.69) is 10.0 Å². The summed E-state index contributed by atoms with van der Waals surface area (Å²) in [5.74, 6) is 0.510. The lowest BCUT2D eigenvalue weighted by Gasteiger charge is -2.27. The molecule has 2 N–H and O–H groups in total. The Morgan fingerprint density at radius 1 is 1.24 bits per heavy atom. The molecule has 1 saturated carbocycles. The topological polar surface area (TPSA) is 58.2 Å². The van der Waals surface area contributed by atoms with Crippen molar-refractivity contribution in [3.8, 4) is 0 Å². The Hall–Kier alpha value is -0.130. The Morgan fingerprint density at radius 2 is 1.82 bits per heavy atom. The number of hydrogen-bond acceptors (Lipinski definition) is 3. The fraction of sp³-hybridized carbons (Fsp3) is 1.00. The average Bonchev–Trinajstić information content (AvgIpc) is 2.77. The smallest absolute Gasteiger partial charge is 0.217 e. The van der Waals surface area contributed by atoms with Crippen molar-refractivity contribution >= 4 is 10.0 Å². The molecule has 0 aromatic heterocycles. The van der Waals surface area contributed by atoms with Gasteiger partial charge in [0.15, 0.2) is 0 Å². The molecule has 2 rings (SSSR count). The molecule has 5 heteroatoms. The molecule has 100 valence electrons. The van der Waals surface area contributed by atoms with Gasteiger partial charge in [-0.2, -0.15) is 0 Å². The van der Waals surface area contributed by atoms with Crippen molar-refractivity contribution in [1.29, 1.82) is 0 Å². The molecule has 0 spiro atoms. The van der Waals surface area contributed by atoms with E-state index in [-0.39, 0.29) is 0 Å². The Morgan fingerprint density at radius 3 is 2.41 bits per heavy atom. The number of sulfonamides is 1. The first-order chi connectivity index (χ1) is 8.04. The van der Waals surface area contributed by atoms with Crippen LogP contribution in [0.5, 0.6) is 0 Å². The molecule has 0 atom stereocenters. The van der Waals surface area contributed by atoms with Crippen molar-refractivity contribution in [2.24, 2.45) is 5.92 Å². The van der Waals surface area contributed by atoms with E-state index >= 15 is 0 Å². The predicted octanol–water partition coefficient (Wildman–Crippen LogP) is 1.24. The molecule has 0 aromatic carbocycles. The van der Waals surface area contributed by atoms with Crippen molar-refractivity contribution in [3.05, 3.63) is 0 Å². The van der Waals surface area contributed by atoms with E-state index in [1.54, 1.807) is 0 Å². The first-order valence-corrected chi connectivity index (χ1v) is 8.22. The maximum absolute atomic E-state index is 12.3. The third-order valence-electron chi connectivity index (χ3n) is 4.33. The van der Waals surface area contributed by atoms with Crippen LogP contribution in [0.25, 0.3) is 0 Å². The molecule has 1 aliphatic heterocycles. The molecule has 2 aliphatic rings. The van der Waals surface area contributed by atoms with Crippen LogP contribution in [0.3, 0.4) is 0 Å². The van der Waals surface area contributed by atoms with E-state index in [0.29, 0.717) is 12.5 Å². The summed E-state index contributed by atoms with van der Waals surface area (Å²) in [6, 6.07) is 0. The van der Waals surface area contributed by atoms with E-state index in [1.807, 2.05) is 6.92 Å². The SMILES string of the molecule is CC1(S(=O)(=O)NCC2CCNCC2)CCCC1. The highest BCUT2D eigenvalue weighted by Crippen LogP contribution is 2.35. The van der Waals surface area contributed by atoms with Crippen molar-refractivity contribution in [1.82, 2.24) is 10.0 Å². The molecular weight excluding hydrogens is 236 g/mol. The second kappa shape index (κ2) is 5.24. The third kappa shape index (κ3) is 3.01. The third-order valence-corrected chi connectivity index (χ3v) is 6.58. The van der Waals surface area contributed by atoms with E-state index in [1.165, 1.54) is 0 Å². The molecule has 1 saturated heterocycles. The molecule has 1 aliphatic carbocycles. The van der Waals surface area contributed by atoms with Gasteiger partial charge in [-0.3, -0.25) is 0 Å².